The molecule has 0 saturated carbocycles. The predicted octanol–water partition coefficient (Wildman–Crippen LogP) is 2.37. The second kappa shape index (κ2) is 5.55. The van der Waals surface area contributed by atoms with Gasteiger partial charge in [0.15, 0.2) is 0 Å². The molecule has 0 amide bonds. The minimum absolute atomic E-state index is 0.145. The van der Waals surface area contributed by atoms with E-state index in [1.807, 2.05) is 0 Å². The van der Waals surface area contributed by atoms with Gasteiger partial charge in [0.05, 0.1) is 11.5 Å². The standard InChI is InChI=1S/C13H10F3NO4S2/c14-13(15,16)22(18)17-23(19,20)12-6-2-3-8-9(11-7-21-11)4-1-5-10(8)12/h1-6,11,17H,7H2. The van der Waals surface area contributed by atoms with E-state index in [9.17, 15) is 25.8 Å². The lowest BCUT2D eigenvalue weighted by atomic mass is 10.0. The van der Waals surface area contributed by atoms with Crippen molar-refractivity contribution in [1.82, 2.24) is 4.13 Å². The lowest BCUT2D eigenvalue weighted by Crippen LogP contribution is -2.34. The van der Waals surface area contributed by atoms with Gasteiger partial charge in [0.25, 0.3) is 10.0 Å². The first kappa shape index (κ1) is 16.4. The van der Waals surface area contributed by atoms with E-state index in [1.165, 1.54) is 12.1 Å². The lowest BCUT2D eigenvalue weighted by Gasteiger charge is -2.12. The number of sulfonamides is 1. The fraction of sp³-hybridized carbons (Fsp3) is 0.231. The molecule has 2 unspecified atom stereocenters. The molecule has 23 heavy (non-hydrogen) atoms. The summed E-state index contributed by atoms with van der Waals surface area (Å²) in [6.45, 7) is 0.506. The number of rotatable bonds is 4. The first-order chi connectivity index (χ1) is 10.7. The van der Waals surface area contributed by atoms with Gasteiger partial charge in [-0.15, -0.1) is 4.13 Å². The summed E-state index contributed by atoms with van der Waals surface area (Å²) in [6.07, 6.45) is -0.145. The van der Waals surface area contributed by atoms with Crippen LogP contribution in [0.1, 0.15) is 11.7 Å². The fourth-order valence-corrected chi connectivity index (χ4v) is 4.50. The van der Waals surface area contributed by atoms with Crippen LogP contribution < -0.4 is 4.13 Å². The molecule has 0 spiro atoms. The molecule has 0 bridgehead atoms. The van der Waals surface area contributed by atoms with E-state index in [0.29, 0.717) is 12.0 Å². The first-order valence-electron chi connectivity index (χ1n) is 6.34. The van der Waals surface area contributed by atoms with Crippen molar-refractivity contribution in [3.63, 3.8) is 0 Å². The van der Waals surface area contributed by atoms with Crippen LogP contribution in [0.4, 0.5) is 13.2 Å². The third-order valence-electron chi connectivity index (χ3n) is 3.28. The predicted molar refractivity (Wildman–Crippen MR) is 77.2 cm³/mol. The molecular formula is C13H10F3NO4S2. The van der Waals surface area contributed by atoms with Crippen molar-refractivity contribution >= 4 is 31.8 Å². The van der Waals surface area contributed by atoms with E-state index in [1.54, 1.807) is 18.2 Å². The molecule has 2 aromatic rings. The molecule has 1 aliphatic rings. The van der Waals surface area contributed by atoms with Crippen LogP contribution in [0.3, 0.4) is 0 Å². The van der Waals surface area contributed by atoms with Crippen molar-refractivity contribution in [2.45, 2.75) is 16.5 Å². The molecule has 3 rings (SSSR count). The molecule has 0 radical (unpaired) electrons. The van der Waals surface area contributed by atoms with Crippen LogP contribution in [0.15, 0.2) is 41.3 Å². The third-order valence-corrected chi connectivity index (χ3v) is 6.12. The summed E-state index contributed by atoms with van der Waals surface area (Å²) in [5, 5.41) is 0.808. The zero-order valence-corrected chi connectivity index (χ0v) is 13.0. The van der Waals surface area contributed by atoms with E-state index < -0.39 is 26.5 Å². The quantitative estimate of drug-likeness (QED) is 0.844. The third kappa shape index (κ3) is 3.25. The molecule has 1 fully saturated rings. The molecule has 0 aromatic heterocycles. The molecule has 2 aromatic carbocycles. The van der Waals surface area contributed by atoms with Crippen LogP contribution in [0, 0.1) is 0 Å². The smallest absolute Gasteiger partial charge is 0.368 e. The topological polar surface area (TPSA) is 75.8 Å². The average Bonchev–Trinajstić information content (AvgIpc) is 3.29. The number of benzene rings is 2. The minimum atomic E-state index is -5.18. The van der Waals surface area contributed by atoms with Crippen LogP contribution in [-0.4, -0.2) is 24.7 Å². The van der Waals surface area contributed by atoms with Crippen molar-refractivity contribution in [3.8, 4) is 0 Å². The summed E-state index contributed by atoms with van der Waals surface area (Å²) in [5.74, 6) is 0. The Balaban J connectivity index is 2.09. The summed E-state index contributed by atoms with van der Waals surface area (Å²) in [4.78, 5) is -0.366. The van der Waals surface area contributed by atoms with Crippen LogP contribution in [0.25, 0.3) is 10.8 Å². The highest BCUT2D eigenvalue weighted by Gasteiger charge is 2.40. The second-order valence-corrected chi connectivity index (χ2v) is 7.94. The number of epoxide rings is 1. The molecule has 0 aliphatic carbocycles. The Morgan fingerprint density at radius 3 is 2.35 bits per heavy atom. The number of fused-ring (bicyclic) bond motifs is 1. The highest BCUT2D eigenvalue weighted by molar-refractivity contribution is 8.02. The van der Waals surface area contributed by atoms with Crippen molar-refractivity contribution in [3.05, 3.63) is 42.0 Å². The van der Waals surface area contributed by atoms with Gasteiger partial charge in [-0.05, 0) is 17.0 Å². The maximum Gasteiger partial charge on any atom is 0.486 e. The Morgan fingerprint density at radius 2 is 1.74 bits per heavy atom. The number of hydrogen-bond acceptors (Lipinski definition) is 4. The number of ether oxygens (including phenoxy) is 1. The second-order valence-electron chi connectivity index (χ2n) is 4.82. The molecule has 10 heteroatoms. The maximum absolute atomic E-state index is 12.3. The lowest BCUT2D eigenvalue weighted by molar-refractivity contribution is -0.0389. The van der Waals surface area contributed by atoms with E-state index >= 15 is 0 Å². The number of nitrogens with one attached hydrogen (secondary N) is 1. The maximum atomic E-state index is 12.3. The van der Waals surface area contributed by atoms with Crippen LogP contribution >= 0.6 is 0 Å². The Labute approximate surface area is 132 Å². The van der Waals surface area contributed by atoms with E-state index in [2.05, 4.69) is 0 Å². The number of alkyl halides is 3. The normalized spacial score (nSPS) is 19.7. The monoisotopic (exact) mass is 365 g/mol. The fourth-order valence-electron chi connectivity index (χ4n) is 2.24. The zero-order chi connectivity index (χ0) is 16.8. The molecule has 124 valence electrons. The van der Waals surface area contributed by atoms with Crippen molar-refractivity contribution < 1.29 is 30.5 Å². The first-order valence-corrected chi connectivity index (χ1v) is 8.98. The summed E-state index contributed by atoms with van der Waals surface area (Å²) in [5.41, 5.74) is -4.42. The van der Waals surface area contributed by atoms with Crippen LogP contribution in [-0.2, 0) is 25.7 Å². The molecule has 1 heterocycles. The van der Waals surface area contributed by atoms with Gasteiger partial charge in [0.2, 0.25) is 11.0 Å². The molecule has 1 N–H and O–H groups in total. The molecular weight excluding hydrogens is 355 g/mol. The van der Waals surface area contributed by atoms with Crippen LogP contribution in [0.2, 0.25) is 0 Å². The Bertz CT molecular complexity index is 892. The van der Waals surface area contributed by atoms with Crippen molar-refractivity contribution in [1.29, 1.82) is 0 Å². The van der Waals surface area contributed by atoms with Gasteiger partial charge in [-0.3, -0.25) is 0 Å². The van der Waals surface area contributed by atoms with Gasteiger partial charge in [-0.25, -0.2) is 12.6 Å². The van der Waals surface area contributed by atoms with Gasteiger partial charge >= 0.3 is 5.51 Å². The SMILES string of the molecule is O=S(NS(=O)(=O)c1cccc2c(C3CO3)cccc12)C(F)(F)F. The summed E-state index contributed by atoms with van der Waals surface area (Å²) in [7, 11) is -8.32. The molecule has 5 nitrogen and oxygen atoms in total. The van der Waals surface area contributed by atoms with Gasteiger partial charge < -0.3 is 4.74 Å². The molecule has 1 saturated heterocycles. The van der Waals surface area contributed by atoms with Crippen molar-refractivity contribution in [2.24, 2.45) is 0 Å². The Kier molecular flexibility index (Phi) is 3.95. The molecule has 2 atom stereocenters. The average molecular weight is 365 g/mol. The largest absolute Gasteiger partial charge is 0.486 e. The highest BCUT2D eigenvalue weighted by atomic mass is 32.3. The summed E-state index contributed by atoms with van der Waals surface area (Å²) >= 11 is 0. The van der Waals surface area contributed by atoms with Gasteiger partial charge in [-0.2, -0.15) is 13.2 Å². The zero-order valence-electron chi connectivity index (χ0n) is 11.3. The van der Waals surface area contributed by atoms with Crippen molar-refractivity contribution in [2.75, 3.05) is 6.61 Å². The van der Waals surface area contributed by atoms with Gasteiger partial charge in [0, 0.05) is 5.39 Å². The summed E-state index contributed by atoms with van der Waals surface area (Å²) in [6, 6.07) is 9.07. The highest BCUT2D eigenvalue weighted by Crippen LogP contribution is 2.36. The molecule has 1 aliphatic heterocycles. The van der Waals surface area contributed by atoms with Gasteiger partial charge in [-0.1, -0.05) is 30.3 Å². The Morgan fingerprint density at radius 1 is 1.13 bits per heavy atom. The van der Waals surface area contributed by atoms with Gasteiger partial charge in [0.1, 0.15) is 6.10 Å². The van der Waals surface area contributed by atoms with Crippen LogP contribution in [0.5, 0.6) is 0 Å². The Hall–Kier alpha value is -1.49. The minimum Gasteiger partial charge on any atom is -0.368 e. The summed E-state index contributed by atoms with van der Waals surface area (Å²) < 4.78 is 78.7. The van der Waals surface area contributed by atoms with E-state index in [-0.39, 0.29) is 16.4 Å². The van der Waals surface area contributed by atoms with E-state index in [0.717, 1.165) is 15.8 Å². The number of halogens is 3. The number of hydrogen-bond donors (Lipinski definition) is 1. The van der Waals surface area contributed by atoms with E-state index in [4.69, 9.17) is 4.74 Å².